The van der Waals surface area contributed by atoms with Crippen molar-refractivity contribution in [3.8, 4) is 11.8 Å². The van der Waals surface area contributed by atoms with E-state index in [0.29, 0.717) is 0 Å². The van der Waals surface area contributed by atoms with Crippen LogP contribution in [0.5, 0.6) is 5.75 Å². The molecule has 0 unspecified atom stereocenters. The second-order valence-electron chi connectivity index (χ2n) is 2.59. The number of rotatable bonds is 2. The Balaban J connectivity index is 3.49. The molecule has 0 saturated carbocycles. The third-order valence-electron chi connectivity index (χ3n) is 1.44. The number of pyridine rings is 1. The molecule has 5 nitrogen and oxygen atoms in total. The lowest BCUT2D eigenvalue weighted by Crippen LogP contribution is -2.19. The summed E-state index contributed by atoms with van der Waals surface area (Å²) >= 11 is 0. The largest absolute Gasteiger partial charge is 0.573 e. The van der Waals surface area contributed by atoms with Gasteiger partial charge in [-0.25, -0.2) is 13.4 Å². The molecule has 0 N–H and O–H groups in total. The van der Waals surface area contributed by atoms with Gasteiger partial charge in [-0.05, 0) is 6.07 Å². The van der Waals surface area contributed by atoms with Gasteiger partial charge < -0.3 is 4.74 Å². The van der Waals surface area contributed by atoms with Crippen molar-refractivity contribution in [2.75, 3.05) is 0 Å². The van der Waals surface area contributed by atoms with E-state index in [4.69, 9.17) is 15.9 Å². The Kier molecular flexibility index (Phi) is 3.49. The van der Waals surface area contributed by atoms with Crippen LogP contribution in [0.15, 0.2) is 17.3 Å². The first-order valence-corrected chi connectivity index (χ1v) is 6.05. The van der Waals surface area contributed by atoms with Crippen LogP contribution in [0.4, 0.5) is 13.2 Å². The highest BCUT2D eigenvalue weighted by Gasteiger charge is 2.36. The summed E-state index contributed by atoms with van der Waals surface area (Å²) < 4.78 is 61.4. The molecule has 0 aliphatic rings. The fourth-order valence-corrected chi connectivity index (χ4v) is 1.79. The summed E-state index contributed by atoms with van der Waals surface area (Å²) in [5.74, 6) is -1.24. The summed E-state index contributed by atoms with van der Waals surface area (Å²) in [7, 11) is 0.321. The van der Waals surface area contributed by atoms with Crippen molar-refractivity contribution >= 4 is 19.7 Å². The number of halogens is 4. The average Bonchev–Trinajstić information content (AvgIpc) is 2.13. The molecular weight excluding hydrogens is 285 g/mol. The smallest absolute Gasteiger partial charge is 0.401 e. The van der Waals surface area contributed by atoms with Gasteiger partial charge in [-0.3, -0.25) is 0 Å². The van der Waals surface area contributed by atoms with Crippen LogP contribution in [0.3, 0.4) is 0 Å². The zero-order chi connectivity index (χ0) is 13.3. The molecule has 0 spiro atoms. The van der Waals surface area contributed by atoms with Gasteiger partial charge in [-0.2, -0.15) is 5.26 Å². The molecule has 92 valence electrons. The van der Waals surface area contributed by atoms with Crippen molar-refractivity contribution in [2.45, 2.75) is 11.4 Å². The van der Waals surface area contributed by atoms with E-state index in [0.717, 1.165) is 12.3 Å². The SMILES string of the molecule is N#Cc1ccnc(S(=O)(=O)Cl)c1OC(F)(F)F. The Morgan fingerprint density at radius 2 is 2.06 bits per heavy atom. The molecule has 0 bridgehead atoms. The van der Waals surface area contributed by atoms with Crippen molar-refractivity contribution < 1.29 is 26.3 Å². The van der Waals surface area contributed by atoms with Gasteiger partial charge in [-0.15, -0.1) is 13.2 Å². The number of ether oxygens (including phenoxy) is 1. The predicted octanol–water partition coefficient (Wildman–Crippen LogP) is 1.78. The van der Waals surface area contributed by atoms with Crippen LogP contribution >= 0.6 is 10.7 Å². The second-order valence-corrected chi connectivity index (χ2v) is 5.07. The van der Waals surface area contributed by atoms with Crippen LogP contribution in [0.1, 0.15) is 5.56 Å². The van der Waals surface area contributed by atoms with E-state index in [9.17, 15) is 21.6 Å². The van der Waals surface area contributed by atoms with Gasteiger partial charge in [0.25, 0.3) is 9.05 Å². The lowest BCUT2D eigenvalue weighted by molar-refractivity contribution is -0.275. The summed E-state index contributed by atoms with van der Waals surface area (Å²) in [5.41, 5.74) is -0.642. The van der Waals surface area contributed by atoms with Crippen molar-refractivity contribution in [1.29, 1.82) is 5.26 Å². The minimum Gasteiger partial charge on any atom is -0.401 e. The minimum absolute atomic E-state index is 0.642. The first-order chi connectivity index (χ1) is 7.65. The fourth-order valence-electron chi connectivity index (χ4n) is 0.905. The Morgan fingerprint density at radius 1 is 1.47 bits per heavy atom. The van der Waals surface area contributed by atoms with E-state index < -0.39 is 31.8 Å². The molecule has 0 atom stereocenters. The van der Waals surface area contributed by atoms with E-state index in [-0.39, 0.29) is 0 Å². The Bertz CT molecular complexity index is 579. The van der Waals surface area contributed by atoms with Gasteiger partial charge in [0.05, 0.1) is 5.56 Å². The van der Waals surface area contributed by atoms with Gasteiger partial charge in [0.1, 0.15) is 6.07 Å². The van der Waals surface area contributed by atoms with E-state index in [1.807, 2.05) is 0 Å². The van der Waals surface area contributed by atoms with Crippen LogP contribution < -0.4 is 4.74 Å². The number of nitrogens with zero attached hydrogens (tertiary/aromatic N) is 2. The molecular formula is C7H2ClF3N2O3S. The average molecular weight is 287 g/mol. The lowest BCUT2D eigenvalue weighted by atomic mass is 10.3. The van der Waals surface area contributed by atoms with Crippen LogP contribution in [0.25, 0.3) is 0 Å². The van der Waals surface area contributed by atoms with E-state index in [1.165, 1.54) is 6.07 Å². The lowest BCUT2D eigenvalue weighted by Gasteiger charge is -2.11. The standard InChI is InChI=1S/C7H2ClF3N2O3S/c8-17(14,15)6-5(16-7(9,10)11)4(3-12)1-2-13-6/h1-2H. The highest BCUT2D eigenvalue weighted by Crippen LogP contribution is 2.32. The molecule has 0 aromatic carbocycles. The van der Waals surface area contributed by atoms with Gasteiger partial charge >= 0.3 is 6.36 Å². The predicted molar refractivity (Wildman–Crippen MR) is 48.7 cm³/mol. The first kappa shape index (κ1) is 13.5. The van der Waals surface area contributed by atoms with Gasteiger partial charge in [0.2, 0.25) is 5.03 Å². The van der Waals surface area contributed by atoms with Crippen molar-refractivity contribution in [2.24, 2.45) is 0 Å². The molecule has 1 aromatic heterocycles. The number of hydrogen-bond acceptors (Lipinski definition) is 5. The fraction of sp³-hybridized carbons (Fsp3) is 0.143. The van der Waals surface area contributed by atoms with Gasteiger partial charge in [0.15, 0.2) is 5.75 Å². The normalized spacial score (nSPS) is 11.9. The summed E-state index contributed by atoms with van der Waals surface area (Å²) in [4.78, 5) is 3.15. The molecule has 0 radical (unpaired) electrons. The summed E-state index contributed by atoms with van der Waals surface area (Å²) in [6, 6.07) is 2.21. The highest BCUT2D eigenvalue weighted by atomic mass is 35.7. The molecule has 0 fully saturated rings. The van der Waals surface area contributed by atoms with Crippen LogP contribution in [-0.2, 0) is 9.05 Å². The summed E-state index contributed by atoms with van der Waals surface area (Å²) in [5, 5.41) is 7.39. The zero-order valence-electron chi connectivity index (χ0n) is 7.69. The molecule has 0 aliphatic carbocycles. The van der Waals surface area contributed by atoms with Crippen molar-refractivity contribution in [1.82, 2.24) is 4.98 Å². The maximum Gasteiger partial charge on any atom is 0.573 e. The number of hydrogen-bond donors (Lipinski definition) is 0. The molecule has 1 heterocycles. The molecule has 0 aliphatic heterocycles. The molecule has 17 heavy (non-hydrogen) atoms. The van der Waals surface area contributed by atoms with E-state index >= 15 is 0 Å². The van der Waals surface area contributed by atoms with Crippen LogP contribution in [0.2, 0.25) is 0 Å². The molecule has 10 heteroatoms. The first-order valence-electron chi connectivity index (χ1n) is 3.74. The number of aromatic nitrogens is 1. The third kappa shape index (κ3) is 3.47. The van der Waals surface area contributed by atoms with E-state index in [2.05, 4.69) is 9.72 Å². The maximum absolute atomic E-state index is 12.0. The Morgan fingerprint density at radius 3 is 2.47 bits per heavy atom. The molecule has 0 saturated heterocycles. The zero-order valence-corrected chi connectivity index (χ0v) is 9.27. The van der Waals surface area contributed by atoms with E-state index in [1.54, 1.807) is 0 Å². The topological polar surface area (TPSA) is 80.0 Å². The number of nitriles is 1. The monoisotopic (exact) mass is 286 g/mol. The van der Waals surface area contributed by atoms with Crippen molar-refractivity contribution in [3.63, 3.8) is 0 Å². The minimum atomic E-state index is -5.16. The Labute approximate surface area is 97.8 Å². The van der Waals surface area contributed by atoms with Gasteiger partial charge in [-0.1, -0.05) is 0 Å². The maximum atomic E-state index is 12.0. The van der Waals surface area contributed by atoms with Crippen LogP contribution in [0, 0.1) is 11.3 Å². The second kappa shape index (κ2) is 4.38. The molecule has 1 aromatic rings. The van der Waals surface area contributed by atoms with Gasteiger partial charge in [0, 0.05) is 16.9 Å². The van der Waals surface area contributed by atoms with Crippen molar-refractivity contribution in [3.05, 3.63) is 17.8 Å². The summed E-state index contributed by atoms with van der Waals surface area (Å²) in [6.45, 7) is 0. The highest BCUT2D eigenvalue weighted by molar-refractivity contribution is 8.13. The third-order valence-corrected chi connectivity index (χ3v) is 2.63. The summed E-state index contributed by atoms with van der Waals surface area (Å²) in [6.07, 6.45) is -4.33. The number of alkyl halides is 3. The Hall–Kier alpha value is -1.53. The molecule has 1 rings (SSSR count). The quantitative estimate of drug-likeness (QED) is 0.774. The van der Waals surface area contributed by atoms with Crippen LogP contribution in [-0.4, -0.2) is 19.8 Å². The molecule has 0 amide bonds.